The molecule has 1 aromatic carbocycles. The van der Waals surface area contributed by atoms with Crippen LogP contribution in [0.25, 0.3) is 5.57 Å². The zero-order valence-corrected chi connectivity index (χ0v) is 17.1. The minimum atomic E-state index is -0.980. The Morgan fingerprint density at radius 2 is 1.77 bits per heavy atom. The first-order valence-corrected chi connectivity index (χ1v) is 9.91. The molecule has 1 N–H and O–H groups in total. The van der Waals surface area contributed by atoms with Gasteiger partial charge in [-0.05, 0) is 58.4 Å². The summed E-state index contributed by atoms with van der Waals surface area (Å²) in [5, 5.41) is 11.4. The maximum absolute atomic E-state index is 11.0. The molecule has 3 nitrogen and oxygen atoms in total. The zero-order chi connectivity index (χ0) is 19.3. The summed E-state index contributed by atoms with van der Waals surface area (Å²) in [5.74, 6) is -0.980. The molecule has 0 saturated carbocycles. The molecule has 1 heterocycles. The second-order valence-electron chi connectivity index (χ2n) is 8.69. The van der Waals surface area contributed by atoms with Crippen molar-refractivity contribution in [3.63, 3.8) is 0 Å². The van der Waals surface area contributed by atoms with Crippen molar-refractivity contribution in [1.29, 1.82) is 0 Å². The lowest BCUT2D eigenvalue weighted by molar-refractivity contribution is 0.0691. The van der Waals surface area contributed by atoms with Crippen molar-refractivity contribution in [2.24, 2.45) is 0 Å². The number of aryl methyl sites for hydroxylation is 1. The number of thiazole rings is 1. The van der Waals surface area contributed by atoms with Crippen LogP contribution >= 0.6 is 11.3 Å². The van der Waals surface area contributed by atoms with Gasteiger partial charge >= 0.3 is 5.97 Å². The molecule has 4 heteroatoms. The van der Waals surface area contributed by atoms with E-state index in [2.05, 4.69) is 58.3 Å². The van der Waals surface area contributed by atoms with Crippen LogP contribution < -0.4 is 0 Å². The van der Waals surface area contributed by atoms with Gasteiger partial charge < -0.3 is 5.11 Å². The van der Waals surface area contributed by atoms with Crippen LogP contribution in [0.4, 0.5) is 0 Å². The standard InChI is InChI=1S/C22H27NO2S/c1-13-9-16-17(22(5,6)8-7-21(16,3)4)11-15(13)14(2)10-19-23-18(12-26-19)20(24)25/h9,11-12H,2,7-8,10H2,1,3-6H3,(H,24,25). The summed E-state index contributed by atoms with van der Waals surface area (Å²) in [5.41, 5.74) is 6.73. The molecule has 0 spiro atoms. The fourth-order valence-corrected chi connectivity index (χ4v) is 4.68. The smallest absolute Gasteiger partial charge is 0.355 e. The summed E-state index contributed by atoms with van der Waals surface area (Å²) in [6, 6.07) is 4.65. The molecule has 0 radical (unpaired) electrons. The van der Waals surface area contributed by atoms with Crippen LogP contribution in [0.3, 0.4) is 0 Å². The second kappa shape index (κ2) is 6.34. The maximum atomic E-state index is 11.0. The van der Waals surface area contributed by atoms with Gasteiger partial charge in [-0.15, -0.1) is 11.3 Å². The summed E-state index contributed by atoms with van der Waals surface area (Å²) in [6.07, 6.45) is 2.96. The van der Waals surface area contributed by atoms with Gasteiger partial charge in [0.05, 0.1) is 5.01 Å². The van der Waals surface area contributed by atoms with E-state index in [0.717, 1.165) is 10.6 Å². The maximum Gasteiger partial charge on any atom is 0.355 e. The highest BCUT2D eigenvalue weighted by Crippen LogP contribution is 2.47. The van der Waals surface area contributed by atoms with E-state index in [1.807, 2.05) is 0 Å². The monoisotopic (exact) mass is 369 g/mol. The molecule has 3 rings (SSSR count). The number of aromatic carboxylic acids is 1. The molecular weight excluding hydrogens is 342 g/mol. The van der Waals surface area contributed by atoms with Crippen LogP contribution in [-0.2, 0) is 17.3 Å². The van der Waals surface area contributed by atoms with E-state index in [-0.39, 0.29) is 16.5 Å². The van der Waals surface area contributed by atoms with Crippen molar-refractivity contribution in [3.8, 4) is 0 Å². The highest BCUT2D eigenvalue weighted by Gasteiger charge is 2.37. The van der Waals surface area contributed by atoms with Crippen LogP contribution in [0.5, 0.6) is 0 Å². The number of carboxylic acid groups (broad SMARTS) is 1. The number of carbonyl (C=O) groups is 1. The lowest BCUT2D eigenvalue weighted by Gasteiger charge is -2.42. The Hall–Kier alpha value is -1.94. The third-order valence-electron chi connectivity index (χ3n) is 5.71. The summed E-state index contributed by atoms with van der Waals surface area (Å²) < 4.78 is 0. The van der Waals surface area contributed by atoms with Crippen molar-refractivity contribution in [2.75, 3.05) is 0 Å². The third kappa shape index (κ3) is 3.35. The Morgan fingerprint density at radius 3 is 2.31 bits per heavy atom. The minimum Gasteiger partial charge on any atom is -0.476 e. The van der Waals surface area contributed by atoms with Gasteiger partial charge in [-0.25, -0.2) is 9.78 Å². The molecule has 26 heavy (non-hydrogen) atoms. The predicted molar refractivity (Wildman–Crippen MR) is 108 cm³/mol. The van der Waals surface area contributed by atoms with E-state index in [9.17, 15) is 4.79 Å². The van der Waals surface area contributed by atoms with Crippen LogP contribution in [0, 0.1) is 6.92 Å². The van der Waals surface area contributed by atoms with Gasteiger partial charge in [0.15, 0.2) is 5.69 Å². The van der Waals surface area contributed by atoms with Crippen LogP contribution in [0.15, 0.2) is 24.1 Å². The van der Waals surface area contributed by atoms with Gasteiger partial charge in [-0.1, -0.05) is 46.4 Å². The molecule has 0 bridgehead atoms. The van der Waals surface area contributed by atoms with Gasteiger partial charge in [-0.3, -0.25) is 0 Å². The SMILES string of the molecule is C=C(Cc1nc(C(=O)O)cs1)c1cc2c(cc1C)C(C)(C)CCC2(C)C. The molecule has 0 atom stereocenters. The first kappa shape index (κ1) is 18.8. The van der Waals surface area contributed by atoms with Crippen molar-refractivity contribution in [1.82, 2.24) is 4.98 Å². The average Bonchev–Trinajstić information content (AvgIpc) is 3.00. The third-order valence-corrected chi connectivity index (χ3v) is 6.56. The molecule has 0 aliphatic heterocycles. The van der Waals surface area contributed by atoms with Gasteiger partial charge in [-0.2, -0.15) is 0 Å². The van der Waals surface area contributed by atoms with E-state index in [0.29, 0.717) is 6.42 Å². The molecule has 0 amide bonds. The van der Waals surface area contributed by atoms with E-state index >= 15 is 0 Å². The van der Waals surface area contributed by atoms with Crippen molar-refractivity contribution in [2.45, 2.75) is 64.7 Å². The number of hydrogen-bond donors (Lipinski definition) is 1. The highest BCUT2D eigenvalue weighted by atomic mass is 32.1. The average molecular weight is 370 g/mol. The second-order valence-corrected chi connectivity index (χ2v) is 9.64. The zero-order valence-electron chi connectivity index (χ0n) is 16.3. The first-order chi connectivity index (χ1) is 12.0. The number of hydrogen-bond acceptors (Lipinski definition) is 3. The number of nitrogens with zero attached hydrogens (tertiary/aromatic N) is 1. The first-order valence-electron chi connectivity index (χ1n) is 9.03. The Kier molecular flexibility index (Phi) is 4.60. The van der Waals surface area contributed by atoms with Crippen LogP contribution in [0.2, 0.25) is 0 Å². The largest absolute Gasteiger partial charge is 0.476 e. The quantitative estimate of drug-likeness (QED) is 0.746. The van der Waals surface area contributed by atoms with Crippen LogP contribution in [-0.4, -0.2) is 16.1 Å². The minimum absolute atomic E-state index is 0.114. The normalized spacial score (nSPS) is 17.6. The summed E-state index contributed by atoms with van der Waals surface area (Å²) in [7, 11) is 0. The predicted octanol–water partition coefficient (Wildman–Crippen LogP) is 5.75. The summed E-state index contributed by atoms with van der Waals surface area (Å²) >= 11 is 1.38. The molecule has 1 aliphatic rings. The van der Waals surface area contributed by atoms with E-state index in [1.54, 1.807) is 5.38 Å². The lowest BCUT2D eigenvalue weighted by Crippen LogP contribution is -2.34. The molecule has 2 aromatic rings. The van der Waals surface area contributed by atoms with Gasteiger partial charge in [0, 0.05) is 11.8 Å². The van der Waals surface area contributed by atoms with Gasteiger partial charge in [0.2, 0.25) is 0 Å². The topological polar surface area (TPSA) is 50.2 Å². The fourth-order valence-electron chi connectivity index (χ4n) is 3.87. The van der Waals surface area contributed by atoms with Crippen LogP contribution in [0.1, 0.15) is 78.3 Å². The fraction of sp³-hybridized carbons (Fsp3) is 0.455. The molecule has 0 saturated heterocycles. The van der Waals surface area contributed by atoms with Crippen molar-refractivity contribution in [3.05, 3.63) is 57.0 Å². The molecular formula is C22H27NO2S. The lowest BCUT2D eigenvalue weighted by atomic mass is 9.62. The van der Waals surface area contributed by atoms with Crippen molar-refractivity contribution < 1.29 is 9.90 Å². The van der Waals surface area contributed by atoms with Gasteiger partial charge in [0.25, 0.3) is 0 Å². The highest BCUT2D eigenvalue weighted by molar-refractivity contribution is 7.09. The van der Waals surface area contributed by atoms with Gasteiger partial charge in [0.1, 0.15) is 0 Å². The van der Waals surface area contributed by atoms with E-state index < -0.39 is 5.97 Å². The number of aromatic nitrogens is 1. The number of rotatable bonds is 4. The number of fused-ring (bicyclic) bond motifs is 1. The Labute approximate surface area is 159 Å². The van der Waals surface area contributed by atoms with Crippen molar-refractivity contribution >= 4 is 22.9 Å². The molecule has 1 aromatic heterocycles. The van der Waals surface area contributed by atoms with E-state index in [4.69, 9.17) is 5.11 Å². The Balaban J connectivity index is 1.97. The molecule has 1 aliphatic carbocycles. The summed E-state index contributed by atoms with van der Waals surface area (Å²) in [6.45, 7) is 15.7. The molecule has 0 unspecified atom stereocenters. The Morgan fingerprint density at radius 1 is 1.19 bits per heavy atom. The number of benzene rings is 1. The molecule has 138 valence electrons. The van der Waals surface area contributed by atoms with E-state index in [1.165, 1.54) is 46.4 Å². The number of carboxylic acids is 1. The summed E-state index contributed by atoms with van der Waals surface area (Å²) in [4.78, 5) is 15.2. The Bertz CT molecular complexity index is 890. The molecule has 0 fully saturated rings. The number of allylic oxidation sites excluding steroid dienone is 1.